The van der Waals surface area contributed by atoms with Crippen molar-refractivity contribution in [2.45, 2.75) is 18.7 Å². The van der Waals surface area contributed by atoms with Gasteiger partial charge in [-0.25, -0.2) is 4.39 Å². The molecule has 0 aromatic heterocycles. The molecule has 0 amide bonds. The summed E-state index contributed by atoms with van der Waals surface area (Å²) in [5.74, 6) is -0.541. The van der Waals surface area contributed by atoms with E-state index < -0.39 is 23.7 Å². The molecular formula is C15H11ClF4O. The molecule has 2 rings (SSSR count). The zero-order chi connectivity index (χ0) is 15.6. The first kappa shape index (κ1) is 15.8. The standard InChI is InChI=1S/C15H11ClF4O/c16-13-6-5-11(17)8-12(13)14(21)7-9-1-3-10(4-2-9)15(18,19)20/h1-6,8,14,21H,7H2. The Morgan fingerprint density at radius 3 is 2.24 bits per heavy atom. The van der Waals surface area contributed by atoms with Crippen molar-refractivity contribution in [1.82, 2.24) is 0 Å². The van der Waals surface area contributed by atoms with Crippen LogP contribution in [0, 0.1) is 5.82 Å². The van der Waals surface area contributed by atoms with Crippen LogP contribution in [0.2, 0.25) is 5.02 Å². The zero-order valence-corrected chi connectivity index (χ0v) is 11.4. The van der Waals surface area contributed by atoms with Crippen molar-refractivity contribution in [2.24, 2.45) is 0 Å². The molecule has 1 N–H and O–H groups in total. The summed E-state index contributed by atoms with van der Waals surface area (Å²) in [4.78, 5) is 0. The van der Waals surface area contributed by atoms with E-state index >= 15 is 0 Å². The summed E-state index contributed by atoms with van der Waals surface area (Å²) in [7, 11) is 0. The maximum Gasteiger partial charge on any atom is 0.416 e. The van der Waals surface area contributed by atoms with Gasteiger partial charge in [-0.3, -0.25) is 0 Å². The third-order valence-corrected chi connectivity index (χ3v) is 3.37. The molecular weight excluding hydrogens is 308 g/mol. The van der Waals surface area contributed by atoms with Crippen molar-refractivity contribution in [3.05, 3.63) is 70.0 Å². The lowest BCUT2D eigenvalue weighted by Crippen LogP contribution is -2.06. The second-order valence-electron chi connectivity index (χ2n) is 4.58. The number of hydrogen-bond acceptors (Lipinski definition) is 1. The number of alkyl halides is 3. The van der Waals surface area contributed by atoms with E-state index in [0.717, 1.165) is 24.3 Å². The lowest BCUT2D eigenvalue weighted by molar-refractivity contribution is -0.137. The number of benzene rings is 2. The van der Waals surface area contributed by atoms with Crippen molar-refractivity contribution in [2.75, 3.05) is 0 Å². The normalized spacial score (nSPS) is 13.2. The van der Waals surface area contributed by atoms with Gasteiger partial charge in [0.2, 0.25) is 0 Å². The summed E-state index contributed by atoms with van der Waals surface area (Å²) >= 11 is 5.87. The first-order valence-corrected chi connectivity index (χ1v) is 6.44. The molecule has 0 fully saturated rings. The third-order valence-electron chi connectivity index (χ3n) is 3.03. The van der Waals surface area contributed by atoms with Crippen LogP contribution in [0.25, 0.3) is 0 Å². The fourth-order valence-corrected chi connectivity index (χ4v) is 2.18. The van der Waals surface area contributed by atoms with Crippen LogP contribution in [0.3, 0.4) is 0 Å². The van der Waals surface area contributed by atoms with Crippen LogP contribution < -0.4 is 0 Å². The van der Waals surface area contributed by atoms with Crippen LogP contribution in [-0.4, -0.2) is 5.11 Å². The summed E-state index contributed by atoms with van der Waals surface area (Å²) in [6.45, 7) is 0. The second kappa shape index (κ2) is 6.03. The lowest BCUT2D eigenvalue weighted by atomic mass is 10.0. The third kappa shape index (κ3) is 3.95. The highest BCUT2D eigenvalue weighted by atomic mass is 35.5. The maximum absolute atomic E-state index is 13.1. The fraction of sp³-hybridized carbons (Fsp3) is 0.200. The average molecular weight is 319 g/mol. The van der Waals surface area contributed by atoms with E-state index in [1.165, 1.54) is 18.2 Å². The van der Waals surface area contributed by atoms with Gasteiger partial charge in [-0.05, 0) is 35.9 Å². The molecule has 0 aliphatic rings. The first-order chi connectivity index (χ1) is 9.77. The molecule has 0 bridgehead atoms. The predicted octanol–water partition coefficient (Wildman–Crippen LogP) is 4.77. The molecule has 6 heteroatoms. The summed E-state index contributed by atoms with van der Waals surface area (Å²) in [6, 6.07) is 8.03. The Bertz CT molecular complexity index is 623. The minimum Gasteiger partial charge on any atom is -0.388 e. The van der Waals surface area contributed by atoms with Gasteiger partial charge in [0.25, 0.3) is 0 Å². The molecule has 0 aliphatic heterocycles. The van der Waals surface area contributed by atoms with E-state index in [-0.39, 0.29) is 17.0 Å². The number of halogens is 5. The zero-order valence-electron chi connectivity index (χ0n) is 10.7. The largest absolute Gasteiger partial charge is 0.416 e. The van der Waals surface area contributed by atoms with Gasteiger partial charge in [0.1, 0.15) is 5.82 Å². The van der Waals surface area contributed by atoms with Gasteiger partial charge in [0, 0.05) is 17.0 Å². The highest BCUT2D eigenvalue weighted by Gasteiger charge is 2.30. The van der Waals surface area contributed by atoms with Crippen molar-refractivity contribution >= 4 is 11.6 Å². The topological polar surface area (TPSA) is 20.2 Å². The van der Waals surface area contributed by atoms with Gasteiger partial charge in [-0.15, -0.1) is 0 Å². The smallest absolute Gasteiger partial charge is 0.388 e. The minimum absolute atomic E-state index is 0.0430. The summed E-state index contributed by atoms with van der Waals surface area (Å²) in [5.41, 5.74) is -0.0584. The first-order valence-electron chi connectivity index (χ1n) is 6.06. The highest BCUT2D eigenvalue weighted by Crippen LogP contribution is 2.30. The Balaban J connectivity index is 2.16. The number of hydrogen-bond donors (Lipinski definition) is 1. The van der Waals surface area contributed by atoms with Gasteiger partial charge in [-0.1, -0.05) is 23.7 Å². The van der Waals surface area contributed by atoms with Gasteiger partial charge < -0.3 is 5.11 Å². The van der Waals surface area contributed by atoms with E-state index in [1.807, 2.05) is 0 Å². The highest BCUT2D eigenvalue weighted by molar-refractivity contribution is 6.31. The van der Waals surface area contributed by atoms with Crippen LogP contribution in [0.1, 0.15) is 22.8 Å². The van der Waals surface area contributed by atoms with Crippen LogP contribution in [0.15, 0.2) is 42.5 Å². The van der Waals surface area contributed by atoms with E-state index in [0.29, 0.717) is 5.56 Å². The quantitative estimate of drug-likeness (QED) is 0.808. The Hall–Kier alpha value is -1.59. The molecule has 0 spiro atoms. The lowest BCUT2D eigenvalue weighted by Gasteiger charge is -2.14. The van der Waals surface area contributed by atoms with E-state index in [1.54, 1.807) is 0 Å². The monoisotopic (exact) mass is 318 g/mol. The number of rotatable bonds is 3. The number of aliphatic hydroxyl groups excluding tert-OH is 1. The van der Waals surface area contributed by atoms with Crippen molar-refractivity contribution < 1.29 is 22.7 Å². The van der Waals surface area contributed by atoms with E-state index in [4.69, 9.17) is 11.6 Å². The molecule has 21 heavy (non-hydrogen) atoms. The Morgan fingerprint density at radius 1 is 1.05 bits per heavy atom. The molecule has 2 aromatic rings. The van der Waals surface area contributed by atoms with Crippen LogP contribution in [-0.2, 0) is 12.6 Å². The molecule has 1 unspecified atom stereocenters. The summed E-state index contributed by atoms with van der Waals surface area (Å²) in [6.07, 6.45) is -5.45. The fourth-order valence-electron chi connectivity index (χ4n) is 1.93. The summed E-state index contributed by atoms with van der Waals surface area (Å²) in [5, 5.41) is 10.2. The van der Waals surface area contributed by atoms with E-state index in [9.17, 15) is 22.7 Å². The van der Waals surface area contributed by atoms with Crippen molar-refractivity contribution in [3.8, 4) is 0 Å². The van der Waals surface area contributed by atoms with Gasteiger partial charge in [-0.2, -0.15) is 13.2 Å². The minimum atomic E-state index is -4.40. The molecule has 0 heterocycles. The molecule has 0 saturated heterocycles. The van der Waals surface area contributed by atoms with Crippen molar-refractivity contribution in [3.63, 3.8) is 0 Å². The van der Waals surface area contributed by atoms with Crippen LogP contribution >= 0.6 is 11.6 Å². The molecule has 0 radical (unpaired) electrons. The van der Waals surface area contributed by atoms with Gasteiger partial charge in [0.05, 0.1) is 11.7 Å². The van der Waals surface area contributed by atoms with E-state index in [2.05, 4.69) is 0 Å². The molecule has 2 aromatic carbocycles. The Kier molecular flexibility index (Phi) is 4.54. The van der Waals surface area contributed by atoms with Crippen molar-refractivity contribution in [1.29, 1.82) is 0 Å². The Morgan fingerprint density at radius 2 is 1.67 bits per heavy atom. The maximum atomic E-state index is 13.1. The second-order valence-corrected chi connectivity index (χ2v) is 4.99. The average Bonchev–Trinajstić information content (AvgIpc) is 2.41. The molecule has 1 nitrogen and oxygen atoms in total. The predicted molar refractivity (Wildman–Crippen MR) is 71.5 cm³/mol. The SMILES string of the molecule is OC(Cc1ccc(C(F)(F)F)cc1)c1cc(F)ccc1Cl. The molecule has 0 aliphatic carbocycles. The Labute approximate surface area is 123 Å². The molecule has 112 valence electrons. The summed E-state index contributed by atoms with van der Waals surface area (Å²) < 4.78 is 50.4. The van der Waals surface area contributed by atoms with Gasteiger partial charge >= 0.3 is 6.18 Å². The number of aliphatic hydroxyl groups is 1. The molecule has 1 atom stereocenters. The van der Waals surface area contributed by atoms with Gasteiger partial charge in [0.15, 0.2) is 0 Å². The van der Waals surface area contributed by atoms with Crippen LogP contribution in [0.5, 0.6) is 0 Å². The molecule has 0 saturated carbocycles. The van der Waals surface area contributed by atoms with Crippen LogP contribution in [0.4, 0.5) is 17.6 Å².